The Kier molecular flexibility index (Phi) is 2.84. The lowest BCUT2D eigenvalue weighted by Crippen LogP contribution is -2.25. The van der Waals surface area contributed by atoms with E-state index in [4.69, 9.17) is 4.74 Å². The van der Waals surface area contributed by atoms with Crippen LogP contribution in [-0.2, 0) is 4.74 Å². The number of hydrogen-bond donors (Lipinski definition) is 0. The molecule has 98 valence electrons. The lowest BCUT2D eigenvalue weighted by molar-refractivity contribution is 0.397. The van der Waals surface area contributed by atoms with E-state index in [1.54, 1.807) is 0 Å². The van der Waals surface area contributed by atoms with Gasteiger partial charge in [0.2, 0.25) is 0 Å². The summed E-state index contributed by atoms with van der Waals surface area (Å²) in [7, 11) is -0.537. The van der Waals surface area contributed by atoms with E-state index < -0.39 is 7.92 Å². The van der Waals surface area contributed by atoms with E-state index in [1.807, 2.05) is 0 Å². The number of hydrogen-bond acceptors (Lipinski definition) is 1. The average Bonchev–Trinajstić information content (AvgIpc) is 3.25. The van der Waals surface area contributed by atoms with Gasteiger partial charge >= 0.3 is 0 Å². The molecule has 0 bridgehead atoms. The first-order chi connectivity index (χ1) is 9.90. The first-order valence-electron chi connectivity index (χ1n) is 6.84. The molecule has 1 heterocycles. The van der Waals surface area contributed by atoms with Crippen LogP contribution < -0.4 is 10.6 Å². The van der Waals surface area contributed by atoms with Gasteiger partial charge in [0.05, 0.1) is 0 Å². The molecule has 2 aromatic rings. The van der Waals surface area contributed by atoms with Crippen LogP contribution in [0.4, 0.5) is 0 Å². The molecule has 20 heavy (non-hydrogen) atoms. The maximum absolute atomic E-state index is 6.09. The topological polar surface area (TPSA) is 12.5 Å². The Labute approximate surface area is 120 Å². The van der Waals surface area contributed by atoms with Crippen LogP contribution in [0.1, 0.15) is 0 Å². The van der Waals surface area contributed by atoms with E-state index in [0.717, 1.165) is 0 Å². The summed E-state index contributed by atoms with van der Waals surface area (Å²) in [6.07, 6.45) is 8.84. The van der Waals surface area contributed by atoms with E-state index in [1.165, 1.54) is 10.6 Å². The minimum atomic E-state index is -0.537. The van der Waals surface area contributed by atoms with Gasteiger partial charge in [-0.1, -0.05) is 78.9 Å². The summed E-state index contributed by atoms with van der Waals surface area (Å²) in [4.78, 5) is 0. The minimum absolute atomic E-state index is 0.132. The maximum Gasteiger partial charge on any atom is 0.144 e. The van der Waals surface area contributed by atoms with Crippen molar-refractivity contribution in [3.05, 3.63) is 85.0 Å². The first kappa shape index (κ1) is 12.1. The van der Waals surface area contributed by atoms with Gasteiger partial charge in [0, 0.05) is 0 Å². The Bertz CT molecular complexity index is 623. The number of fused-ring (bicyclic) bond motifs is 1. The molecule has 1 nitrogen and oxygen atoms in total. The van der Waals surface area contributed by atoms with E-state index in [0.29, 0.717) is 0 Å². The molecule has 0 spiro atoms. The van der Waals surface area contributed by atoms with Crippen molar-refractivity contribution in [1.29, 1.82) is 0 Å². The van der Waals surface area contributed by atoms with Crippen molar-refractivity contribution in [2.45, 2.75) is 11.4 Å². The molecule has 2 atom stereocenters. The molecule has 0 amide bonds. The van der Waals surface area contributed by atoms with Crippen LogP contribution in [0.25, 0.3) is 0 Å². The molecule has 2 heteroatoms. The molecule has 0 radical (unpaired) electrons. The second-order valence-electron chi connectivity index (χ2n) is 5.04. The first-order valence-corrected chi connectivity index (χ1v) is 8.18. The normalized spacial score (nSPS) is 26.6. The highest BCUT2D eigenvalue weighted by molar-refractivity contribution is 7.74. The number of ether oxygens (including phenoxy) is 1. The quantitative estimate of drug-likeness (QED) is 0.619. The van der Waals surface area contributed by atoms with Gasteiger partial charge in [-0.25, -0.2) is 0 Å². The van der Waals surface area contributed by atoms with Gasteiger partial charge in [-0.2, -0.15) is 0 Å². The summed E-state index contributed by atoms with van der Waals surface area (Å²) in [5.41, 5.74) is 0. The standard InChI is InChI=1S/C18H15OP/c1-3-9-15(10-4-1)20(16-11-5-2-6-12-16)18-14-8-7-13-17(18)19-18/h1-14,17H. The highest BCUT2D eigenvalue weighted by Gasteiger charge is 2.59. The van der Waals surface area contributed by atoms with Crippen LogP contribution in [-0.4, -0.2) is 11.4 Å². The summed E-state index contributed by atoms with van der Waals surface area (Å²) in [6.45, 7) is 0. The summed E-state index contributed by atoms with van der Waals surface area (Å²) < 4.78 is 6.09. The smallest absolute Gasteiger partial charge is 0.144 e. The second-order valence-corrected chi connectivity index (χ2v) is 7.44. The second kappa shape index (κ2) is 4.70. The van der Waals surface area contributed by atoms with Crippen LogP contribution in [0.5, 0.6) is 0 Å². The Balaban J connectivity index is 1.83. The number of rotatable bonds is 3. The summed E-state index contributed by atoms with van der Waals surface area (Å²) in [5, 5.41) is 2.61. The van der Waals surface area contributed by atoms with Crippen LogP contribution in [0.3, 0.4) is 0 Å². The maximum atomic E-state index is 6.09. The predicted molar refractivity (Wildman–Crippen MR) is 85.0 cm³/mol. The molecule has 0 saturated carbocycles. The summed E-state index contributed by atoms with van der Waals surface area (Å²) in [6, 6.07) is 21.5. The van der Waals surface area contributed by atoms with E-state index in [-0.39, 0.29) is 11.4 Å². The summed E-state index contributed by atoms with van der Waals surface area (Å²) in [5.74, 6) is 0. The lowest BCUT2D eigenvalue weighted by Gasteiger charge is -2.24. The Hall–Kier alpha value is -1.69. The molecule has 4 rings (SSSR count). The highest BCUT2D eigenvalue weighted by atomic mass is 31.1. The van der Waals surface area contributed by atoms with Crippen molar-refractivity contribution >= 4 is 18.5 Å². The molecular formula is C18H15OP. The fraction of sp³-hybridized carbons (Fsp3) is 0.111. The van der Waals surface area contributed by atoms with Gasteiger partial charge in [-0.05, 0) is 24.6 Å². The fourth-order valence-corrected chi connectivity index (χ4v) is 5.64. The van der Waals surface area contributed by atoms with Crippen molar-refractivity contribution in [3.63, 3.8) is 0 Å². The Morgan fingerprint density at radius 1 is 0.800 bits per heavy atom. The SMILES string of the molecule is C1=CC2OC2(P(c2ccccc2)c2ccccc2)C=C1. The predicted octanol–water partition coefficient (Wildman–Crippen LogP) is 3.34. The van der Waals surface area contributed by atoms with Gasteiger partial charge < -0.3 is 4.74 Å². The zero-order chi connectivity index (χ0) is 13.4. The highest BCUT2D eigenvalue weighted by Crippen LogP contribution is 2.63. The van der Waals surface area contributed by atoms with Gasteiger partial charge in [-0.15, -0.1) is 0 Å². The third kappa shape index (κ3) is 1.86. The van der Waals surface area contributed by atoms with Gasteiger partial charge in [0.25, 0.3) is 0 Å². The minimum Gasteiger partial charge on any atom is -0.352 e. The molecule has 0 aromatic heterocycles. The molecule has 0 N–H and O–H groups in total. The van der Waals surface area contributed by atoms with Crippen molar-refractivity contribution in [2.75, 3.05) is 0 Å². The lowest BCUT2D eigenvalue weighted by atomic mass is 10.2. The third-order valence-electron chi connectivity index (χ3n) is 3.78. The monoisotopic (exact) mass is 278 g/mol. The van der Waals surface area contributed by atoms with Gasteiger partial charge in [0.15, 0.2) is 0 Å². The van der Waals surface area contributed by atoms with Crippen molar-refractivity contribution in [1.82, 2.24) is 0 Å². The molecule has 1 fully saturated rings. The molecule has 2 aromatic carbocycles. The third-order valence-corrected chi connectivity index (χ3v) is 6.61. The number of allylic oxidation sites excluding steroid dienone is 2. The van der Waals surface area contributed by atoms with E-state index >= 15 is 0 Å². The molecule has 1 aliphatic carbocycles. The number of benzene rings is 2. The van der Waals surface area contributed by atoms with Crippen LogP contribution in [0.2, 0.25) is 0 Å². The van der Waals surface area contributed by atoms with Crippen molar-refractivity contribution < 1.29 is 4.74 Å². The van der Waals surface area contributed by atoms with E-state index in [9.17, 15) is 0 Å². The molecule has 2 aliphatic rings. The van der Waals surface area contributed by atoms with E-state index in [2.05, 4.69) is 85.0 Å². The van der Waals surface area contributed by atoms with Crippen LogP contribution in [0.15, 0.2) is 85.0 Å². The molecule has 1 aliphatic heterocycles. The molecule has 1 saturated heterocycles. The van der Waals surface area contributed by atoms with Crippen molar-refractivity contribution in [2.24, 2.45) is 0 Å². The molecular weight excluding hydrogens is 263 g/mol. The largest absolute Gasteiger partial charge is 0.352 e. The van der Waals surface area contributed by atoms with Gasteiger partial charge in [-0.3, -0.25) is 0 Å². The van der Waals surface area contributed by atoms with Crippen LogP contribution >= 0.6 is 7.92 Å². The zero-order valence-electron chi connectivity index (χ0n) is 11.0. The average molecular weight is 278 g/mol. The van der Waals surface area contributed by atoms with Crippen molar-refractivity contribution in [3.8, 4) is 0 Å². The molecule has 2 unspecified atom stereocenters. The van der Waals surface area contributed by atoms with Gasteiger partial charge in [0.1, 0.15) is 11.4 Å². The van der Waals surface area contributed by atoms with Crippen LogP contribution in [0, 0.1) is 0 Å². The number of epoxide rings is 1. The zero-order valence-corrected chi connectivity index (χ0v) is 11.9. The summed E-state index contributed by atoms with van der Waals surface area (Å²) >= 11 is 0. The Morgan fingerprint density at radius 3 is 1.95 bits per heavy atom. The Morgan fingerprint density at radius 2 is 1.40 bits per heavy atom. The fourth-order valence-electron chi connectivity index (χ4n) is 2.80.